The molecule has 7 heteroatoms. The lowest BCUT2D eigenvalue weighted by atomic mass is 9.90. The summed E-state index contributed by atoms with van der Waals surface area (Å²) in [4.78, 5) is 21.3. The summed E-state index contributed by atoms with van der Waals surface area (Å²) in [7, 11) is 0. The van der Waals surface area contributed by atoms with Crippen LogP contribution in [0.25, 0.3) is 0 Å². The van der Waals surface area contributed by atoms with Crippen LogP contribution in [0.1, 0.15) is 57.1 Å². The molecule has 2 rings (SSSR count). The maximum Gasteiger partial charge on any atom is 0.404 e. The number of benzene rings is 1. The van der Waals surface area contributed by atoms with Crippen molar-refractivity contribution >= 4 is 11.8 Å². The van der Waals surface area contributed by atoms with Crippen molar-refractivity contribution in [2.24, 2.45) is 22.7 Å². The van der Waals surface area contributed by atoms with Crippen LogP contribution in [0, 0.1) is 23.2 Å². The maximum absolute atomic E-state index is 11.2. The molecule has 2 atom stereocenters. The fraction of sp³-hybridized carbons (Fsp3) is 0.550. The zero-order valence-corrected chi connectivity index (χ0v) is 15.9. The zero-order chi connectivity index (χ0) is 19.6. The molecule has 0 spiro atoms. The fourth-order valence-electron chi connectivity index (χ4n) is 3.28. The predicted molar refractivity (Wildman–Crippen MR) is 100 cm³/mol. The van der Waals surface area contributed by atoms with Gasteiger partial charge in [-0.25, -0.2) is 9.78 Å². The maximum atomic E-state index is 11.2. The van der Waals surface area contributed by atoms with Crippen LogP contribution < -0.4 is 5.73 Å². The second-order valence-corrected chi connectivity index (χ2v) is 7.03. The van der Waals surface area contributed by atoms with E-state index in [0.29, 0.717) is 17.9 Å². The lowest BCUT2D eigenvalue weighted by molar-refractivity contribution is -0.305. The molecule has 0 radical (unpaired) electrons. The van der Waals surface area contributed by atoms with Gasteiger partial charge >= 0.3 is 6.09 Å². The molecule has 7 nitrogen and oxygen atoms in total. The minimum absolute atomic E-state index is 0.0634. The first-order chi connectivity index (χ1) is 13.0. The van der Waals surface area contributed by atoms with E-state index in [1.54, 1.807) is 24.3 Å². The summed E-state index contributed by atoms with van der Waals surface area (Å²) < 4.78 is 5.35. The largest absolute Gasteiger partial charge is 0.446 e. The molecule has 0 aliphatic heterocycles. The number of amides is 1. The van der Waals surface area contributed by atoms with E-state index in [9.17, 15) is 4.79 Å². The molecule has 1 amide bonds. The Morgan fingerprint density at radius 3 is 2.59 bits per heavy atom. The molecule has 1 saturated carbocycles. The van der Waals surface area contributed by atoms with Gasteiger partial charge < -0.3 is 10.5 Å². The van der Waals surface area contributed by atoms with Crippen molar-refractivity contribution in [2.45, 2.75) is 58.7 Å². The molecule has 2 N–H and O–H groups in total. The first-order valence-electron chi connectivity index (χ1n) is 9.28. The topological polar surface area (TPSA) is 107 Å². The van der Waals surface area contributed by atoms with Crippen molar-refractivity contribution in [3.8, 4) is 6.07 Å². The minimum Gasteiger partial charge on any atom is -0.446 e. The van der Waals surface area contributed by atoms with E-state index in [1.165, 1.54) is 0 Å². The highest BCUT2D eigenvalue weighted by atomic mass is 17.3. The number of hydrogen-bond acceptors (Lipinski definition) is 6. The van der Waals surface area contributed by atoms with Gasteiger partial charge in [0, 0.05) is 5.92 Å². The molecule has 0 saturated heterocycles. The summed E-state index contributed by atoms with van der Waals surface area (Å²) in [5.41, 5.74) is 7.46. The van der Waals surface area contributed by atoms with E-state index in [1.807, 2.05) is 13.8 Å². The minimum atomic E-state index is -0.726. The summed E-state index contributed by atoms with van der Waals surface area (Å²) >= 11 is 0. The van der Waals surface area contributed by atoms with Crippen LogP contribution in [0.4, 0.5) is 4.79 Å². The Labute approximate surface area is 160 Å². The molecule has 1 aromatic carbocycles. The highest BCUT2D eigenvalue weighted by Crippen LogP contribution is 2.32. The van der Waals surface area contributed by atoms with Gasteiger partial charge in [-0.15, -0.1) is 0 Å². The van der Waals surface area contributed by atoms with Crippen LogP contribution >= 0.6 is 0 Å². The second kappa shape index (κ2) is 10.5. The average Bonchev–Trinajstić information content (AvgIpc) is 3.19. The third kappa shape index (κ3) is 6.91. The van der Waals surface area contributed by atoms with Crippen LogP contribution in [0.15, 0.2) is 29.4 Å². The molecule has 27 heavy (non-hydrogen) atoms. The Kier molecular flexibility index (Phi) is 8.08. The van der Waals surface area contributed by atoms with E-state index in [-0.39, 0.29) is 18.6 Å². The lowest BCUT2D eigenvalue weighted by Gasteiger charge is -2.25. The van der Waals surface area contributed by atoms with Crippen molar-refractivity contribution in [3.63, 3.8) is 0 Å². The third-order valence-electron chi connectivity index (χ3n) is 5.03. The molecule has 1 fully saturated rings. The predicted octanol–water partition coefficient (Wildman–Crippen LogP) is 4.06. The summed E-state index contributed by atoms with van der Waals surface area (Å²) in [6.45, 7) is 4.09. The molecule has 1 aromatic rings. The van der Waals surface area contributed by atoms with Crippen molar-refractivity contribution in [1.82, 2.24) is 0 Å². The highest BCUT2D eigenvalue weighted by molar-refractivity contribution is 5.83. The van der Waals surface area contributed by atoms with Crippen LogP contribution in [-0.2, 0) is 21.2 Å². The molecule has 1 aliphatic carbocycles. The first kappa shape index (κ1) is 20.7. The number of nitrogens with two attached hydrogens (primary N) is 1. The van der Waals surface area contributed by atoms with E-state index in [4.69, 9.17) is 25.6 Å². The fourth-order valence-corrected chi connectivity index (χ4v) is 3.28. The van der Waals surface area contributed by atoms with Crippen molar-refractivity contribution in [3.05, 3.63) is 35.4 Å². The van der Waals surface area contributed by atoms with Crippen molar-refractivity contribution in [1.29, 1.82) is 5.26 Å². The molecular weight excluding hydrogens is 346 g/mol. The van der Waals surface area contributed by atoms with Gasteiger partial charge in [0.15, 0.2) is 0 Å². The number of hydrogen-bond donors (Lipinski definition) is 1. The van der Waals surface area contributed by atoms with Crippen molar-refractivity contribution in [2.75, 3.05) is 0 Å². The number of nitriles is 1. The van der Waals surface area contributed by atoms with Gasteiger partial charge in [0.1, 0.15) is 12.7 Å². The summed E-state index contributed by atoms with van der Waals surface area (Å²) in [6, 6.07) is 9.10. The number of oxime groups is 1. The van der Waals surface area contributed by atoms with Gasteiger partial charge in [0.2, 0.25) is 0 Å². The molecule has 0 heterocycles. The second-order valence-electron chi connectivity index (χ2n) is 7.03. The Bertz CT molecular complexity index is 675. The van der Waals surface area contributed by atoms with Gasteiger partial charge in [0.25, 0.3) is 0 Å². The van der Waals surface area contributed by atoms with E-state index in [0.717, 1.165) is 37.0 Å². The van der Waals surface area contributed by atoms with Crippen molar-refractivity contribution < 1.29 is 19.4 Å². The van der Waals surface area contributed by atoms with Crippen LogP contribution in [-0.4, -0.2) is 17.9 Å². The summed E-state index contributed by atoms with van der Waals surface area (Å²) in [6.07, 6.45) is 4.19. The quantitative estimate of drug-likeness (QED) is 0.304. The SMILES string of the molecule is C/C(=N\OOCc1ccc(C#N)cc1)[C@@H](C)C[C@@H](OC(N)=O)C1CCCC1. The van der Waals surface area contributed by atoms with Gasteiger partial charge in [-0.2, -0.15) is 10.1 Å². The molecule has 0 aromatic heterocycles. The zero-order valence-electron chi connectivity index (χ0n) is 15.9. The molecule has 0 bridgehead atoms. The van der Waals surface area contributed by atoms with Crippen LogP contribution in [0.2, 0.25) is 0 Å². The summed E-state index contributed by atoms with van der Waals surface area (Å²) in [5.74, 6) is 0.426. The Morgan fingerprint density at radius 1 is 1.33 bits per heavy atom. The van der Waals surface area contributed by atoms with Gasteiger partial charge in [-0.05, 0) is 49.8 Å². The standard InChI is InChI=1S/C20H27N3O4/c1-14(11-19(26-20(22)24)18-5-3-4-6-18)15(2)23-27-25-13-17-9-7-16(12-21)8-10-17/h7-10,14,18-19H,3-6,11,13H2,1-2H3,(H2,22,24)/b23-15+/t14-,19+/m0/s1. The highest BCUT2D eigenvalue weighted by Gasteiger charge is 2.29. The number of primary amides is 1. The van der Waals surface area contributed by atoms with Gasteiger partial charge in [0.05, 0.1) is 17.3 Å². The first-order valence-corrected chi connectivity index (χ1v) is 9.28. The number of nitrogens with zero attached hydrogens (tertiary/aromatic N) is 2. The van der Waals surface area contributed by atoms with Crippen LogP contribution in [0.3, 0.4) is 0 Å². The third-order valence-corrected chi connectivity index (χ3v) is 5.03. The van der Waals surface area contributed by atoms with E-state index < -0.39 is 6.09 Å². The Balaban J connectivity index is 1.80. The van der Waals surface area contributed by atoms with E-state index >= 15 is 0 Å². The molecule has 146 valence electrons. The van der Waals surface area contributed by atoms with Gasteiger partial charge in [-0.3, -0.25) is 0 Å². The normalized spacial score (nSPS) is 17.1. The average molecular weight is 373 g/mol. The lowest BCUT2D eigenvalue weighted by Crippen LogP contribution is -2.31. The van der Waals surface area contributed by atoms with Crippen LogP contribution in [0.5, 0.6) is 0 Å². The monoisotopic (exact) mass is 373 g/mol. The molecule has 1 aliphatic rings. The molecular formula is C20H27N3O4. The number of ether oxygens (including phenoxy) is 1. The number of rotatable bonds is 9. The van der Waals surface area contributed by atoms with Gasteiger partial charge in [-0.1, -0.05) is 37.1 Å². The Hall–Kier alpha value is -2.59. The van der Waals surface area contributed by atoms with E-state index in [2.05, 4.69) is 11.2 Å². The Morgan fingerprint density at radius 2 is 2.00 bits per heavy atom. The summed E-state index contributed by atoms with van der Waals surface area (Å²) in [5, 5.41) is 12.8. The molecule has 0 unspecified atom stereocenters. The smallest absolute Gasteiger partial charge is 0.404 e. The number of carbonyl (C=O) groups excluding carboxylic acids is 1. The number of carbonyl (C=O) groups is 1.